The van der Waals surface area contributed by atoms with E-state index < -0.39 is 0 Å². The van der Waals surface area contributed by atoms with Crippen molar-refractivity contribution >= 4 is 5.91 Å². The summed E-state index contributed by atoms with van der Waals surface area (Å²) in [7, 11) is 2.04. The van der Waals surface area contributed by atoms with Crippen LogP contribution in [0.2, 0.25) is 0 Å². The molecule has 1 amide bonds. The van der Waals surface area contributed by atoms with Gasteiger partial charge >= 0.3 is 0 Å². The van der Waals surface area contributed by atoms with Crippen molar-refractivity contribution in [3.63, 3.8) is 0 Å². The summed E-state index contributed by atoms with van der Waals surface area (Å²) >= 11 is 0. The van der Waals surface area contributed by atoms with E-state index in [2.05, 4.69) is 31.0 Å². The van der Waals surface area contributed by atoms with Gasteiger partial charge < -0.3 is 10.2 Å². The van der Waals surface area contributed by atoms with Gasteiger partial charge in [-0.3, -0.25) is 4.79 Å². The van der Waals surface area contributed by atoms with E-state index in [1.54, 1.807) is 0 Å². The molecule has 116 valence electrons. The van der Waals surface area contributed by atoms with E-state index in [9.17, 15) is 4.79 Å². The predicted octanol–water partition coefficient (Wildman–Crippen LogP) is 3.19. The van der Waals surface area contributed by atoms with Crippen molar-refractivity contribution in [3.8, 4) is 0 Å². The van der Waals surface area contributed by atoms with Crippen LogP contribution in [0.1, 0.15) is 65.7 Å². The summed E-state index contributed by atoms with van der Waals surface area (Å²) < 4.78 is 0. The minimum Gasteiger partial charge on any atom is -0.343 e. The first-order valence-electron chi connectivity index (χ1n) is 8.45. The molecule has 0 saturated heterocycles. The summed E-state index contributed by atoms with van der Waals surface area (Å²) in [6.07, 6.45) is 8.24. The Hall–Kier alpha value is -0.570. The van der Waals surface area contributed by atoms with Gasteiger partial charge in [0.15, 0.2) is 0 Å². The Morgan fingerprint density at radius 1 is 1.20 bits per heavy atom. The largest absolute Gasteiger partial charge is 0.343 e. The summed E-state index contributed by atoms with van der Waals surface area (Å²) in [5.74, 6) is 0.651. The SMILES string of the molecule is CCNC1CCC(N(C)C(=O)C2CCCC2(C)C)CC1. The van der Waals surface area contributed by atoms with Crippen molar-refractivity contribution in [2.75, 3.05) is 13.6 Å². The highest BCUT2D eigenvalue weighted by Crippen LogP contribution is 2.43. The van der Waals surface area contributed by atoms with Gasteiger partial charge in [-0.2, -0.15) is 0 Å². The quantitative estimate of drug-likeness (QED) is 0.857. The lowest BCUT2D eigenvalue weighted by Crippen LogP contribution is -2.46. The number of nitrogens with zero attached hydrogens (tertiary/aromatic N) is 1. The molecule has 1 N–H and O–H groups in total. The number of hydrogen-bond donors (Lipinski definition) is 1. The van der Waals surface area contributed by atoms with E-state index in [1.165, 1.54) is 25.7 Å². The molecule has 2 fully saturated rings. The Balaban J connectivity index is 1.88. The van der Waals surface area contributed by atoms with Crippen LogP contribution in [0.15, 0.2) is 0 Å². The molecule has 1 unspecified atom stereocenters. The maximum Gasteiger partial charge on any atom is 0.226 e. The van der Waals surface area contributed by atoms with Gasteiger partial charge in [0.2, 0.25) is 5.91 Å². The molecule has 1 atom stereocenters. The molecule has 2 aliphatic rings. The van der Waals surface area contributed by atoms with E-state index in [-0.39, 0.29) is 11.3 Å². The molecular weight excluding hydrogens is 248 g/mol. The van der Waals surface area contributed by atoms with Crippen LogP contribution in [0.3, 0.4) is 0 Å². The van der Waals surface area contributed by atoms with Gasteiger partial charge in [0, 0.05) is 25.0 Å². The van der Waals surface area contributed by atoms with Gasteiger partial charge in [-0.15, -0.1) is 0 Å². The zero-order chi connectivity index (χ0) is 14.8. The molecule has 3 heteroatoms. The van der Waals surface area contributed by atoms with Crippen molar-refractivity contribution < 1.29 is 4.79 Å². The summed E-state index contributed by atoms with van der Waals surface area (Å²) in [5, 5.41) is 3.54. The highest BCUT2D eigenvalue weighted by molar-refractivity contribution is 5.80. The monoisotopic (exact) mass is 280 g/mol. The Kier molecular flexibility index (Phi) is 5.11. The molecular formula is C17H32N2O. The molecule has 0 aromatic rings. The van der Waals surface area contributed by atoms with Gasteiger partial charge in [-0.25, -0.2) is 0 Å². The van der Waals surface area contributed by atoms with E-state index in [4.69, 9.17) is 0 Å². The van der Waals surface area contributed by atoms with E-state index in [1.807, 2.05) is 7.05 Å². The zero-order valence-electron chi connectivity index (χ0n) is 13.7. The van der Waals surface area contributed by atoms with E-state index in [0.29, 0.717) is 18.0 Å². The molecule has 0 aromatic heterocycles. The van der Waals surface area contributed by atoms with Gasteiger partial charge in [-0.05, 0) is 50.5 Å². The molecule has 0 spiro atoms. The van der Waals surface area contributed by atoms with Gasteiger partial charge in [0.25, 0.3) is 0 Å². The lowest BCUT2D eigenvalue weighted by molar-refractivity contribution is -0.139. The standard InChI is InChI=1S/C17H32N2O/c1-5-18-13-8-10-14(11-9-13)19(4)16(20)15-7-6-12-17(15,2)3/h13-15,18H,5-12H2,1-4H3. The average molecular weight is 280 g/mol. The van der Waals surface area contributed by atoms with Gasteiger partial charge in [-0.1, -0.05) is 27.2 Å². The lowest BCUT2D eigenvalue weighted by atomic mass is 9.80. The van der Waals surface area contributed by atoms with Crippen LogP contribution in [0.4, 0.5) is 0 Å². The van der Waals surface area contributed by atoms with Crippen LogP contribution in [0.25, 0.3) is 0 Å². The molecule has 3 nitrogen and oxygen atoms in total. The lowest BCUT2D eigenvalue weighted by Gasteiger charge is -2.38. The van der Waals surface area contributed by atoms with Crippen LogP contribution in [0, 0.1) is 11.3 Å². The van der Waals surface area contributed by atoms with Crippen LogP contribution < -0.4 is 5.32 Å². The zero-order valence-corrected chi connectivity index (χ0v) is 13.7. The maximum atomic E-state index is 12.8. The van der Waals surface area contributed by atoms with Crippen LogP contribution in [-0.2, 0) is 4.79 Å². The van der Waals surface area contributed by atoms with Crippen molar-refractivity contribution in [1.29, 1.82) is 0 Å². The third-order valence-corrected chi connectivity index (χ3v) is 5.64. The molecule has 2 aliphatic carbocycles. The molecule has 2 saturated carbocycles. The summed E-state index contributed by atoms with van der Waals surface area (Å²) in [6.45, 7) is 7.75. The Morgan fingerprint density at radius 3 is 2.35 bits per heavy atom. The summed E-state index contributed by atoms with van der Waals surface area (Å²) in [6, 6.07) is 1.14. The highest BCUT2D eigenvalue weighted by Gasteiger charge is 2.41. The number of amides is 1. The number of carbonyl (C=O) groups is 1. The van der Waals surface area contributed by atoms with E-state index >= 15 is 0 Å². The van der Waals surface area contributed by atoms with Crippen molar-refractivity contribution in [2.45, 2.75) is 77.8 Å². The average Bonchev–Trinajstić information content (AvgIpc) is 2.78. The number of rotatable bonds is 4. The summed E-state index contributed by atoms with van der Waals surface area (Å²) in [4.78, 5) is 14.9. The Bertz CT molecular complexity index is 332. The smallest absolute Gasteiger partial charge is 0.226 e. The predicted molar refractivity (Wildman–Crippen MR) is 83.6 cm³/mol. The molecule has 0 bridgehead atoms. The second-order valence-corrected chi connectivity index (χ2v) is 7.45. The second kappa shape index (κ2) is 6.46. The van der Waals surface area contributed by atoms with Crippen molar-refractivity contribution in [3.05, 3.63) is 0 Å². The molecule has 20 heavy (non-hydrogen) atoms. The highest BCUT2D eigenvalue weighted by atomic mass is 16.2. The second-order valence-electron chi connectivity index (χ2n) is 7.45. The number of carbonyl (C=O) groups excluding carboxylic acids is 1. The van der Waals surface area contributed by atoms with Crippen molar-refractivity contribution in [1.82, 2.24) is 10.2 Å². The van der Waals surface area contributed by atoms with Crippen molar-refractivity contribution in [2.24, 2.45) is 11.3 Å². The molecule has 0 heterocycles. The minimum atomic E-state index is 0.201. The molecule has 0 radical (unpaired) electrons. The van der Waals surface area contributed by atoms with Crippen LogP contribution in [-0.4, -0.2) is 36.5 Å². The fraction of sp³-hybridized carbons (Fsp3) is 0.941. The maximum absolute atomic E-state index is 12.8. The van der Waals surface area contributed by atoms with E-state index in [0.717, 1.165) is 25.8 Å². The minimum absolute atomic E-state index is 0.201. The van der Waals surface area contributed by atoms with Gasteiger partial charge in [0.05, 0.1) is 0 Å². The first-order chi connectivity index (χ1) is 9.45. The number of hydrogen-bond acceptors (Lipinski definition) is 2. The van der Waals surface area contributed by atoms with Crippen LogP contribution >= 0.6 is 0 Å². The molecule has 2 rings (SSSR count). The topological polar surface area (TPSA) is 32.3 Å². The fourth-order valence-corrected chi connectivity index (χ4v) is 4.17. The number of nitrogens with one attached hydrogen (secondary N) is 1. The Morgan fingerprint density at radius 2 is 1.85 bits per heavy atom. The first kappa shape index (κ1) is 15.8. The third-order valence-electron chi connectivity index (χ3n) is 5.64. The summed E-state index contributed by atoms with van der Waals surface area (Å²) in [5.41, 5.74) is 0.201. The normalized spacial score (nSPS) is 33.1. The molecule has 0 aromatic carbocycles. The third kappa shape index (κ3) is 3.36. The fourth-order valence-electron chi connectivity index (χ4n) is 4.17. The first-order valence-corrected chi connectivity index (χ1v) is 8.45. The Labute approximate surface area is 124 Å². The van der Waals surface area contributed by atoms with Gasteiger partial charge in [0.1, 0.15) is 0 Å². The molecule has 0 aliphatic heterocycles. The van der Waals surface area contributed by atoms with Crippen LogP contribution in [0.5, 0.6) is 0 Å².